The SMILES string of the molecule is CN(C)[C@H](CNC(=S)Nc1cc([N+](=O)[O-])ccc1Cl)c1cccs1. The number of rotatable bonds is 6. The molecule has 24 heavy (non-hydrogen) atoms. The number of non-ortho nitro benzene ring substituents is 1. The van der Waals surface area contributed by atoms with Gasteiger partial charge in [-0.1, -0.05) is 17.7 Å². The van der Waals surface area contributed by atoms with E-state index in [2.05, 4.69) is 21.6 Å². The van der Waals surface area contributed by atoms with Gasteiger partial charge in [0.25, 0.3) is 5.69 Å². The Kier molecular flexibility index (Phi) is 6.50. The Balaban J connectivity index is 2.00. The summed E-state index contributed by atoms with van der Waals surface area (Å²) in [6.07, 6.45) is 0. The zero-order valence-electron chi connectivity index (χ0n) is 13.2. The van der Waals surface area contributed by atoms with Gasteiger partial charge in [-0.05, 0) is 43.8 Å². The van der Waals surface area contributed by atoms with E-state index in [-0.39, 0.29) is 11.7 Å². The molecule has 0 aliphatic carbocycles. The Morgan fingerprint density at radius 3 is 2.79 bits per heavy atom. The summed E-state index contributed by atoms with van der Waals surface area (Å²) >= 11 is 13.0. The summed E-state index contributed by atoms with van der Waals surface area (Å²) in [4.78, 5) is 13.7. The standard InChI is InChI=1S/C15H17ClN4O2S2/c1-19(2)13(14-4-3-7-24-14)9-17-15(23)18-12-8-10(20(21)22)5-6-11(12)16/h3-8,13H,9H2,1-2H3,(H2,17,18,23)/t13-/m1/s1. The molecule has 9 heteroatoms. The Bertz CT molecular complexity index is 722. The smallest absolute Gasteiger partial charge is 0.271 e. The molecule has 2 N–H and O–H groups in total. The number of nitro benzene ring substituents is 1. The number of thiophene rings is 1. The van der Waals surface area contributed by atoms with Crippen molar-refractivity contribution in [3.05, 3.63) is 55.7 Å². The van der Waals surface area contributed by atoms with Crippen LogP contribution < -0.4 is 10.6 Å². The van der Waals surface area contributed by atoms with Crippen molar-refractivity contribution in [1.29, 1.82) is 0 Å². The highest BCUT2D eigenvalue weighted by Gasteiger charge is 2.16. The number of halogens is 1. The summed E-state index contributed by atoms with van der Waals surface area (Å²) < 4.78 is 0. The maximum Gasteiger partial charge on any atom is 0.271 e. The van der Waals surface area contributed by atoms with E-state index < -0.39 is 4.92 Å². The Morgan fingerprint density at radius 1 is 1.46 bits per heavy atom. The second-order valence-electron chi connectivity index (χ2n) is 5.25. The fourth-order valence-electron chi connectivity index (χ4n) is 2.10. The van der Waals surface area contributed by atoms with Crippen LogP contribution in [0.25, 0.3) is 0 Å². The number of nitrogens with one attached hydrogen (secondary N) is 2. The predicted molar refractivity (Wildman–Crippen MR) is 103 cm³/mol. The average molecular weight is 385 g/mol. The van der Waals surface area contributed by atoms with E-state index in [0.717, 1.165) is 0 Å². The van der Waals surface area contributed by atoms with Crippen molar-refractivity contribution in [3.63, 3.8) is 0 Å². The number of benzene rings is 1. The molecule has 0 amide bonds. The number of hydrogen-bond acceptors (Lipinski definition) is 5. The van der Waals surface area contributed by atoms with Gasteiger partial charge in [-0.15, -0.1) is 11.3 Å². The van der Waals surface area contributed by atoms with E-state index in [9.17, 15) is 10.1 Å². The molecule has 0 aliphatic rings. The molecule has 0 bridgehead atoms. The molecule has 2 rings (SSSR count). The van der Waals surface area contributed by atoms with Gasteiger partial charge in [0.1, 0.15) is 0 Å². The van der Waals surface area contributed by atoms with Crippen molar-refractivity contribution in [3.8, 4) is 0 Å². The molecule has 0 saturated heterocycles. The second kappa shape index (κ2) is 8.39. The first-order valence-electron chi connectivity index (χ1n) is 7.07. The van der Waals surface area contributed by atoms with E-state index in [4.69, 9.17) is 23.8 Å². The van der Waals surface area contributed by atoms with Crippen LogP contribution in [0.5, 0.6) is 0 Å². The third-order valence-electron chi connectivity index (χ3n) is 3.36. The lowest BCUT2D eigenvalue weighted by Gasteiger charge is -2.24. The predicted octanol–water partition coefficient (Wildman–Crippen LogP) is 3.90. The quantitative estimate of drug-likeness (QED) is 0.447. The van der Waals surface area contributed by atoms with Crippen LogP contribution >= 0.6 is 35.2 Å². The number of nitro groups is 1. The molecule has 0 unspecified atom stereocenters. The molecule has 0 fully saturated rings. The van der Waals surface area contributed by atoms with Crippen LogP contribution in [0.15, 0.2) is 35.7 Å². The van der Waals surface area contributed by atoms with Gasteiger partial charge in [0.15, 0.2) is 5.11 Å². The minimum Gasteiger partial charge on any atom is -0.360 e. The summed E-state index contributed by atoms with van der Waals surface area (Å²) in [7, 11) is 4.00. The van der Waals surface area contributed by atoms with Gasteiger partial charge in [-0.3, -0.25) is 10.1 Å². The summed E-state index contributed by atoms with van der Waals surface area (Å²) in [6, 6.07) is 8.44. The number of nitrogens with zero attached hydrogens (tertiary/aromatic N) is 2. The van der Waals surface area contributed by atoms with Gasteiger partial charge in [0, 0.05) is 23.6 Å². The summed E-state index contributed by atoms with van der Waals surface area (Å²) in [5, 5.41) is 19.7. The third kappa shape index (κ3) is 4.88. The monoisotopic (exact) mass is 384 g/mol. The van der Waals surface area contributed by atoms with Gasteiger partial charge < -0.3 is 15.5 Å². The number of likely N-dealkylation sites (N-methyl/N-ethyl adjacent to an activating group) is 1. The first kappa shape index (κ1) is 18.6. The Labute approximate surface area is 154 Å². The first-order valence-corrected chi connectivity index (χ1v) is 8.73. The van der Waals surface area contributed by atoms with Crippen molar-refractivity contribution >= 4 is 51.6 Å². The Morgan fingerprint density at radius 2 is 2.21 bits per heavy atom. The lowest BCUT2D eigenvalue weighted by molar-refractivity contribution is -0.384. The topological polar surface area (TPSA) is 70.4 Å². The number of anilines is 1. The fourth-order valence-corrected chi connectivity index (χ4v) is 3.38. The van der Waals surface area contributed by atoms with Gasteiger partial charge >= 0.3 is 0 Å². The van der Waals surface area contributed by atoms with Crippen LogP contribution in [0, 0.1) is 10.1 Å². The van der Waals surface area contributed by atoms with Gasteiger partial charge in [-0.2, -0.15) is 0 Å². The molecular formula is C15H17ClN4O2S2. The zero-order valence-corrected chi connectivity index (χ0v) is 15.5. The summed E-state index contributed by atoms with van der Waals surface area (Å²) in [6.45, 7) is 0.603. The first-order chi connectivity index (χ1) is 11.4. The average Bonchev–Trinajstić information content (AvgIpc) is 3.03. The third-order valence-corrected chi connectivity index (χ3v) is 4.91. The van der Waals surface area contributed by atoms with Crippen LogP contribution in [-0.2, 0) is 0 Å². The maximum absolute atomic E-state index is 10.9. The molecule has 0 aliphatic heterocycles. The highest BCUT2D eigenvalue weighted by atomic mass is 35.5. The van der Waals surface area contributed by atoms with E-state index in [0.29, 0.717) is 22.4 Å². The molecule has 0 radical (unpaired) electrons. The molecular weight excluding hydrogens is 368 g/mol. The number of thiocarbonyl (C=S) groups is 1. The van der Waals surface area contributed by atoms with Crippen LogP contribution in [-0.4, -0.2) is 35.6 Å². The second-order valence-corrected chi connectivity index (χ2v) is 7.05. The van der Waals surface area contributed by atoms with Crippen LogP contribution in [0.1, 0.15) is 10.9 Å². The minimum atomic E-state index is -0.475. The van der Waals surface area contributed by atoms with Crippen molar-refractivity contribution in [2.45, 2.75) is 6.04 Å². The van der Waals surface area contributed by atoms with Crippen LogP contribution in [0.3, 0.4) is 0 Å². The highest BCUT2D eigenvalue weighted by molar-refractivity contribution is 7.80. The minimum absolute atomic E-state index is 0.0468. The van der Waals surface area contributed by atoms with E-state index >= 15 is 0 Å². The van der Waals surface area contributed by atoms with Crippen molar-refractivity contribution in [1.82, 2.24) is 10.2 Å². The van der Waals surface area contributed by atoms with Crippen molar-refractivity contribution in [2.24, 2.45) is 0 Å². The normalized spacial score (nSPS) is 12.0. The van der Waals surface area contributed by atoms with E-state index in [1.54, 1.807) is 11.3 Å². The molecule has 0 spiro atoms. The van der Waals surface area contributed by atoms with E-state index in [1.807, 2.05) is 25.5 Å². The molecule has 128 valence electrons. The van der Waals surface area contributed by atoms with Gasteiger partial charge in [0.2, 0.25) is 0 Å². The fraction of sp³-hybridized carbons (Fsp3) is 0.267. The summed E-state index contributed by atoms with van der Waals surface area (Å²) in [5.41, 5.74) is 0.357. The molecule has 1 aromatic heterocycles. The molecule has 1 aromatic carbocycles. The van der Waals surface area contributed by atoms with Crippen molar-refractivity contribution < 1.29 is 4.92 Å². The highest BCUT2D eigenvalue weighted by Crippen LogP contribution is 2.27. The number of hydrogen-bond donors (Lipinski definition) is 2. The molecule has 1 atom stereocenters. The van der Waals surface area contributed by atoms with Crippen LogP contribution in [0.4, 0.5) is 11.4 Å². The van der Waals surface area contributed by atoms with Gasteiger partial charge in [0.05, 0.1) is 21.7 Å². The zero-order chi connectivity index (χ0) is 17.7. The molecule has 1 heterocycles. The van der Waals surface area contributed by atoms with Crippen molar-refractivity contribution in [2.75, 3.05) is 26.0 Å². The molecule has 6 nitrogen and oxygen atoms in total. The maximum atomic E-state index is 10.9. The Hall–Kier alpha value is -1.74. The van der Waals surface area contributed by atoms with E-state index in [1.165, 1.54) is 23.1 Å². The van der Waals surface area contributed by atoms with Gasteiger partial charge in [-0.25, -0.2) is 0 Å². The van der Waals surface area contributed by atoms with Crippen LogP contribution in [0.2, 0.25) is 5.02 Å². The summed E-state index contributed by atoms with van der Waals surface area (Å²) in [5.74, 6) is 0. The lowest BCUT2D eigenvalue weighted by Crippen LogP contribution is -2.36. The largest absolute Gasteiger partial charge is 0.360 e. The lowest BCUT2D eigenvalue weighted by atomic mass is 10.2. The molecule has 0 saturated carbocycles. The molecule has 2 aromatic rings.